The predicted octanol–water partition coefficient (Wildman–Crippen LogP) is 3.09. The van der Waals surface area contributed by atoms with Crippen LogP contribution in [0.1, 0.15) is 24.6 Å². The summed E-state index contributed by atoms with van der Waals surface area (Å²) in [6.45, 7) is 9.74. The number of nitrogens with one attached hydrogen (secondary N) is 2. The molecule has 0 aliphatic carbocycles. The van der Waals surface area contributed by atoms with Gasteiger partial charge >= 0.3 is 0 Å². The van der Waals surface area contributed by atoms with E-state index in [4.69, 9.17) is 16.6 Å². The summed E-state index contributed by atoms with van der Waals surface area (Å²) in [7, 11) is 0. The molecule has 0 amide bonds. The molecule has 0 radical (unpaired) electrons. The minimum absolute atomic E-state index is 0.790. The smallest absolute Gasteiger partial charge is 0.194 e. The van der Waals surface area contributed by atoms with E-state index in [0.29, 0.717) is 0 Å². The fraction of sp³-hybridized carbons (Fsp3) is 0.500. The number of piperazine rings is 1. The molecule has 3 rings (SSSR count). The van der Waals surface area contributed by atoms with Gasteiger partial charge in [-0.15, -0.1) is 0 Å². The summed E-state index contributed by atoms with van der Waals surface area (Å²) in [4.78, 5) is 9.58. The molecule has 1 saturated heterocycles. The van der Waals surface area contributed by atoms with Gasteiger partial charge in [0.2, 0.25) is 0 Å². The Balaban J connectivity index is 1.52. The molecule has 1 aromatic heterocycles. The van der Waals surface area contributed by atoms with Gasteiger partial charge in [0.25, 0.3) is 0 Å². The Hall–Kier alpha value is -2.21. The summed E-state index contributed by atoms with van der Waals surface area (Å²) in [5.41, 5.74) is 3.63. The van der Waals surface area contributed by atoms with E-state index in [-0.39, 0.29) is 0 Å². The van der Waals surface area contributed by atoms with Gasteiger partial charge in [-0.1, -0.05) is 17.7 Å². The lowest BCUT2D eigenvalue weighted by Crippen LogP contribution is -2.52. The van der Waals surface area contributed by atoms with Gasteiger partial charge in [-0.3, -0.25) is 10.1 Å². The van der Waals surface area contributed by atoms with Gasteiger partial charge in [0.05, 0.1) is 6.20 Å². The molecule has 2 N–H and O–H groups in total. The number of hydrogen-bond acceptors (Lipinski definition) is 3. The molecule has 0 unspecified atom stereocenters. The van der Waals surface area contributed by atoms with E-state index in [1.807, 2.05) is 24.4 Å². The molecular formula is C20H29ClN6. The summed E-state index contributed by atoms with van der Waals surface area (Å²) < 4.78 is 0. The van der Waals surface area contributed by atoms with Crippen LogP contribution in [-0.4, -0.2) is 60.3 Å². The number of rotatable bonds is 6. The summed E-state index contributed by atoms with van der Waals surface area (Å²) in [6.07, 6.45) is 3.95. The molecule has 0 saturated carbocycles. The molecule has 1 aliphatic heterocycles. The van der Waals surface area contributed by atoms with Crippen LogP contribution < -0.4 is 10.2 Å². The van der Waals surface area contributed by atoms with E-state index in [9.17, 15) is 0 Å². The van der Waals surface area contributed by atoms with Crippen molar-refractivity contribution in [3.63, 3.8) is 0 Å². The fourth-order valence-electron chi connectivity index (χ4n) is 3.36. The lowest BCUT2D eigenvalue weighted by atomic mass is 10.1. The summed E-state index contributed by atoms with van der Waals surface area (Å²) in [5, 5.41) is 11.3. The van der Waals surface area contributed by atoms with Crippen molar-refractivity contribution in [2.24, 2.45) is 4.99 Å². The van der Waals surface area contributed by atoms with Gasteiger partial charge in [0, 0.05) is 55.7 Å². The number of aliphatic imine (C=N–C) groups is 1. The Morgan fingerprint density at radius 1 is 1.30 bits per heavy atom. The number of aromatic amines is 1. The highest BCUT2D eigenvalue weighted by Crippen LogP contribution is 2.20. The van der Waals surface area contributed by atoms with Crippen LogP contribution in [0.4, 0.5) is 5.69 Å². The molecule has 7 heteroatoms. The summed E-state index contributed by atoms with van der Waals surface area (Å²) >= 11 is 6.13. The predicted molar refractivity (Wildman–Crippen MR) is 113 cm³/mol. The van der Waals surface area contributed by atoms with Crippen LogP contribution in [0.5, 0.6) is 0 Å². The first-order valence-corrected chi connectivity index (χ1v) is 10.1. The molecule has 2 heterocycles. The minimum Gasteiger partial charge on any atom is -0.368 e. The highest BCUT2D eigenvalue weighted by atomic mass is 35.5. The van der Waals surface area contributed by atoms with E-state index in [1.54, 1.807) is 0 Å². The molecular weight excluding hydrogens is 360 g/mol. The number of nitrogens with zero attached hydrogens (tertiary/aromatic N) is 4. The molecule has 6 nitrogen and oxygen atoms in total. The number of anilines is 1. The quantitative estimate of drug-likeness (QED) is 0.453. The third kappa shape index (κ3) is 5.39. The van der Waals surface area contributed by atoms with Crippen LogP contribution in [0.3, 0.4) is 0 Å². The van der Waals surface area contributed by atoms with Crippen molar-refractivity contribution in [3.8, 4) is 0 Å². The number of benzene rings is 1. The zero-order valence-electron chi connectivity index (χ0n) is 16.2. The van der Waals surface area contributed by atoms with E-state index < -0.39 is 0 Å². The van der Waals surface area contributed by atoms with Gasteiger partial charge in [-0.05, 0) is 50.5 Å². The van der Waals surface area contributed by atoms with Crippen LogP contribution >= 0.6 is 11.6 Å². The second-order valence-electron chi connectivity index (χ2n) is 6.81. The zero-order chi connectivity index (χ0) is 19.1. The Morgan fingerprint density at radius 3 is 2.78 bits per heavy atom. The molecule has 0 atom stereocenters. The second kappa shape index (κ2) is 9.65. The average Bonchev–Trinajstić information content (AvgIpc) is 3.09. The normalized spacial score (nSPS) is 15.3. The van der Waals surface area contributed by atoms with E-state index in [0.717, 1.165) is 68.8 Å². The molecule has 0 bridgehead atoms. The van der Waals surface area contributed by atoms with Gasteiger partial charge in [0.15, 0.2) is 5.96 Å². The number of halogens is 1. The van der Waals surface area contributed by atoms with Gasteiger partial charge in [-0.25, -0.2) is 0 Å². The van der Waals surface area contributed by atoms with E-state index >= 15 is 0 Å². The first-order valence-electron chi connectivity index (χ1n) is 9.70. The maximum absolute atomic E-state index is 6.13. The van der Waals surface area contributed by atoms with Gasteiger partial charge in [0.1, 0.15) is 0 Å². The second-order valence-corrected chi connectivity index (χ2v) is 7.25. The minimum atomic E-state index is 0.790. The van der Waals surface area contributed by atoms with Crippen LogP contribution in [0, 0.1) is 6.92 Å². The molecule has 146 valence electrons. The van der Waals surface area contributed by atoms with Crippen LogP contribution in [0.25, 0.3) is 0 Å². The maximum Gasteiger partial charge on any atom is 0.194 e. The lowest BCUT2D eigenvalue weighted by Gasteiger charge is -2.37. The van der Waals surface area contributed by atoms with Crippen LogP contribution in [-0.2, 0) is 6.42 Å². The number of hydrogen-bond donors (Lipinski definition) is 2. The van der Waals surface area contributed by atoms with Crippen molar-refractivity contribution in [2.45, 2.75) is 26.7 Å². The first-order chi connectivity index (χ1) is 13.2. The topological polar surface area (TPSA) is 59.6 Å². The molecule has 27 heavy (non-hydrogen) atoms. The van der Waals surface area contributed by atoms with Crippen molar-refractivity contribution in [1.82, 2.24) is 20.4 Å². The summed E-state index contributed by atoms with van der Waals surface area (Å²) in [5.74, 6) is 1.02. The maximum atomic E-state index is 6.13. The van der Waals surface area contributed by atoms with E-state index in [2.05, 4.69) is 45.2 Å². The van der Waals surface area contributed by atoms with Gasteiger partial charge in [-0.2, -0.15) is 5.10 Å². The van der Waals surface area contributed by atoms with Crippen molar-refractivity contribution < 1.29 is 0 Å². The monoisotopic (exact) mass is 388 g/mol. The Kier molecular flexibility index (Phi) is 6.98. The van der Waals surface area contributed by atoms with Crippen molar-refractivity contribution in [1.29, 1.82) is 0 Å². The highest BCUT2D eigenvalue weighted by molar-refractivity contribution is 6.30. The Morgan fingerprint density at radius 2 is 2.11 bits per heavy atom. The molecule has 1 fully saturated rings. The largest absolute Gasteiger partial charge is 0.368 e. The van der Waals surface area contributed by atoms with Crippen LogP contribution in [0.15, 0.2) is 35.5 Å². The average molecular weight is 389 g/mol. The van der Waals surface area contributed by atoms with Gasteiger partial charge < -0.3 is 15.1 Å². The third-order valence-electron chi connectivity index (χ3n) is 4.89. The molecule has 2 aromatic rings. The summed E-state index contributed by atoms with van der Waals surface area (Å²) in [6, 6.07) is 8.09. The molecule has 0 spiro atoms. The van der Waals surface area contributed by atoms with Crippen LogP contribution in [0.2, 0.25) is 5.02 Å². The fourth-order valence-corrected chi connectivity index (χ4v) is 3.54. The van der Waals surface area contributed by atoms with Crippen molar-refractivity contribution in [2.75, 3.05) is 44.2 Å². The number of guanidine groups is 1. The van der Waals surface area contributed by atoms with E-state index in [1.165, 1.54) is 11.3 Å². The number of aromatic nitrogens is 2. The SMILES string of the molecule is CCNC(=NCCCc1cn[nH]c1C)N1CCN(c2cccc(Cl)c2)CC1. The zero-order valence-corrected chi connectivity index (χ0v) is 17.0. The number of H-pyrrole nitrogens is 1. The molecule has 1 aliphatic rings. The van der Waals surface area contributed by atoms with Crippen molar-refractivity contribution >= 4 is 23.2 Å². The lowest BCUT2D eigenvalue weighted by molar-refractivity contribution is 0.372. The van der Waals surface area contributed by atoms with Crippen molar-refractivity contribution in [3.05, 3.63) is 46.7 Å². The Bertz CT molecular complexity index is 748. The number of aryl methyl sites for hydroxylation is 2. The first kappa shape index (κ1) is 19.5. The standard InChI is InChI=1S/C20H29ClN6/c1-3-22-20(23-9-5-6-17-15-24-25-16(17)2)27-12-10-26(11-13-27)19-8-4-7-18(21)14-19/h4,7-8,14-15H,3,5-6,9-13H2,1-2H3,(H,22,23)(H,24,25). The molecule has 1 aromatic carbocycles. The third-order valence-corrected chi connectivity index (χ3v) is 5.12. The Labute approximate surface area is 166 Å². The highest BCUT2D eigenvalue weighted by Gasteiger charge is 2.19.